The van der Waals surface area contributed by atoms with Crippen molar-refractivity contribution in [2.75, 3.05) is 11.1 Å². The van der Waals surface area contributed by atoms with Gasteiger partial charge in [-0.05, 0) is 12.1 Å². The van der Waals surface area contributed by atoms with Gasteiger partial charge in [-0.15, -0.1) is 11.8 Å². The predicted molar refractivity (Wildman–Crippen MR) is 56.8 cm³/mol. The number of amides is 1. The molecule has 0 saturated carbocycles. The molecule has 2 rings (SSSR count). The lowest BCUT2D eigenvalue weighted by atomic mass is 10.2. The van der Waals surface area contributed by atoms with Crippen molar-refractivity contribution in [3.63, 3.8) is 0 Å². The molecule has 0 atom stereocenters. The molecule has 1 aliphatic heterocycles. The topological polar surface area (TPSA) is 79.0 Å². The fourth-order valence-corrected chi connectivity index (χ4v) is 2.04. The molecular weight excluding hydrogens is 198 g/mol. The standard InChI is InChI=1S/C9H9N3OS/c10-9(11)5-1-2-7-6(3-5)12-8(13)4-14-7/h1-3H,4H2,(H3,10,11)(H,12,13). The molecular formula is C9H9N3OS. The molecule has 1 aromatic carbocycles. The van der Waals surface area contributed by atoms with Crippen molar-refractivity contribution in [2.24, 2.45) is 5.73 Å². The highest BCUT2D eigenvalue weighted by molar-refractivity contribution is 8.00. The van der Waals surface area contributed by atoms with Gasteiger partial charge in [0.2, 0.25) is 5.91 Å². The lowest BCUT2D eigenvalue weighted by Crippen LogP contribution is -2.19. The largest absolute Gasteiger partial charge is 0.384 e. The molecule has 1 amide bonds. The van der Waals surface area contributed by atoms with Gasteiger partial charge in [0.15, 0.2) is 0 Å². The zero-order chi connectivity index (χ0) is 10.1. The Labute approximate surface area is 85.4 Å². The van der Waals surface area contributed by atoms with Gasteiger partial charge in [-0.1, -0.05) is 6.07 Å². The summed E-state index contributed by atoms with van der Waals surface area (Å²) in [7, 11) is 0. The number of amidine groups is 1. The van der Waals surface area contributed by atoms with Crippen LogP contribution in [0, 0.1) is 5.41 Å². The number of fused-ring (bicyclic) bond motifs is 1. The quantitative estimate of drug-likeness (QED) is 0.475. The number of nitrogen functional groups attached to an aromatic ring is 1. The van der Waals surface area contributed by atoms with Gasteiger partial charge in [0.25, 0.3) is 0 Å². The Kier molecular flexibility index (Phi) is 2.17. The second-order valence-electron chi connectivity index (χ2n) is 2.96. The number of rotatable bonds is 1. The molecule has 0 aliphatic carbocycles. The van der Waals surface area contributed by atoms with E-state index in [4.69, 9.17) is 11.1 Å². The molecule has 0 saturated heterocycles. The zero-order valence-electron chi connectivity index (χ0n) is 7.33. The minimum atomic E-state index is -0.0109. The Bertz CT molecular complexity index is 417. The van der Waals surface area contributed by atoms with Crippen molar-refractivity contribution < 1.29 is 4.79 Å². The number of nitrogens with two attached hydrogens (primary N) is 1. The average Bonchev–Trinajstić information content (AvgIpc) is 2.16. The number of carbonyl (C=O) groups is 1. The molecule has 4 nitrogen and oxygen atoms in total. The molecule has 1 aliphatic rings. The summed E-state index contributed by atoms with van der Waals surface area (Å²) in [6.07, 6.45) is 0. The Morgan fingerprint density at radius 3 is 3.07 bits per heavy atom. The van der Waals surface area contributed by atoms with Crippen LogP contribution in [0.3, 0.4) is 0 Å². The first-order valence-corrected chi connectivity index (χ1v) is 5.06. The molecule has 4 N–H and O–H groups in total. The third kappa shape index (κ3) is 1.58. The molecule has 0 fully saturated rings. The van der Waals surface area contributed by atoms with Crippen molar-refractivity contribution in [1.82, 2.24) is 0 Å². The number of carbonyl (C=O) groups excluding carboxylic acids is 1. The van der Waals surface area contributed by atoms with E-state index in [1.807, 2.05) is 6.07 Å². The summed E-state index contributed by atoms with van der Waals surface area (Å²) in [5.41, 5.74) is 6.73. The van der Waals surface area contributed by atoms with E-state index in [0.29, 0.717) is 11.3 Å². The van der Waals surface area contributed by atoms with Crippen molar-refractivity contribution >= 4 is 29.2 Å². The molecule has 1 aromatic rings. The van der Waals surface area contributed by atoms with Crippen LogP contribution in [-0.4, -0.2) is 17.5 Å². The Hall–Kier alpha value is -1.49. The molecule has 14 heavy (non-hydrogen) atoms. The van der Waals surface area contributed by atoms with E-state index in [1.165, 1.54) is 11.8 Å². The summed E-state index contributed by atoms with van der Waals surface area (Å²) in [6, 6.07) is 5.38. The van der Waals surface area contributed by atoms with E-state index in [1.54, 1.807) is 12.1 Å². The van der Waals surface area contributed by atoms with Crippen LogP contribution in [0.4, 0.5) is 5.69 Å². The fourth-order valence-electron chi connectivity index (χ4n) is 1.25. The maximum absolute atomic E-state index is 11.1. The number of nitrogens with one attached hydrogen (secondary N) is 2. The monoisotopic (exact) mass is 207 g/mol. The van der Waals surface area contributed by atoms with E-state index >= 15 is 0 Å². The first kappa shape index (κ1) is 9.08. The van der Waals surface area contributed by atoms with Gasteiger partial charge in [-0.2, -0.15) is 0 Å². The van der Waals surface area contributed by atoms with Gasteiger partial charge >= 0.3 is 0 Å². The van der Waals surface area contributed by atoms with Gasteiger partial charge in [0, 0.05) is 10.5 Å². The molecule has 0 radical (unpaired) electrons. The second-order valence-corrected chi connectivity index (χ2v) is 3.98. The highest BCUT2D eigenvalue weighted by Gasteiger charge is 2.15. The van der Waals surface area contributed by atoms with Gasteiger partial charge in [0.05, 0.1) is 11.4 Å². The highest BCUT2D eigenvalue weighted by Crippen LogP contribution is 2.31. The molecule has 0 spiro atoms. The maximum Gasteiger partial charge on any atom is 0.234 e. The third-order valence-electron chi connectivity index (χ3n) is 1.92. The van der Waals surface area contributed by atoms with Crippen molar-refractivity contribution in [3.05, 3.63) is 23.8 Å². The predicted octanol–water partition coefficient (Wildman–Crippen LogP) is 1.01. The van der Waals surface area contributed by atoms with Crippen LogP contribution in [0.15, 0.2) is 23.1 Å². The average molecular weight is 207 g/mol. The van der Waals surface area contributed by atoms with Crippen LogP contribution in [0.1, 0.15) is 5.56 Å². The minimum Gasteiger partial charge on any atom is -0.384 e. The maximum atomic E-state index is 11.1. The van der Waals surface area contributed by atoms with Gasteiger partial charge in [-0.3, -0.25) is 10.2 Å². The Morgan fingerprint density at radius 2 is 2.36 bits per heavy atom. The van der Waals surface area contributed by atoms with E-state index < -0.39 is 0 Å². The number of hydrogen-bond donors (Lipinski definition) is 3. The van der Waals surface area contributed by atoms with Crippen LogP contribution >= 0.6 is 11.8 Å². The molecule has 0 aromatic heterocycles. The summed E-state index contributed by atoms with van der Waals surface area (Å²) in [4.78, 5) is 12.1. The van der Waals surface area contributed by atoms with Crippen molar-refractivity contribution in [3.8, 4) is 0 Å². The van der Waals surface area contributed by atoms with Crippen LogP contribution in [0.25, 0.3) is 0 Å². The lowest BCUT2D eigenvalue weighted by Gasteiger charge is -2.16. The van der Waals surface area contributed by atoms with Crippen LogP contribution in [0.2, 0.25) is 0 Å². The zero-order valence-corrected chi connectivity index (χ0v) is 8.15. The summed E-state index contributed by atoms with van der Waals surface area (Å²) < 4.78 is 0. The molecule has 72 valence electrons. The van der Waals surface area contributed by atoms with Crippen LogP contribution in [0.5, 0.6) is 0 Å². The molecule has 5 heteroatoms. The molecule has 0 bridgehead atoms. The van der Waals surface area contributed by atoms with Crippen molar-refractivity contribution in [1.29, 1.82) is 5.41 Å². The summed E-state index contributed by atoms with van der Waals surface area (Å²) >= 11 is 1.49. The summed E-state index contributed by atoms with van der Waals surface area (Å²) in [5.74, 6) is 0.452. The summed E-state index contributed by atoms with van der Waals surface area (Å²) in [5, 5.41) is 10.0. The third-order valence-corrected chi connectivity index (χ3v) is 3.00. The van der Waals surface area contributed by atoms with Crippen LogP contribution in [-0.2, 0) is 4.79 Å². The van der Waals surface area contributed by atoms with E-state index in [0.717, 1.165) is 10.6 Å². The molecule has 0 unspecified atom stereocenters. The first-order chi connectivity index (χ1) is 6.66. The Morgan fingerprint density at radius 1 is 1.57 bits per heavy atom. The van der Waals surface area contributed by atoms with E-state index in [9.17, 15) is 4.79 Å². The normalized spacial score (nSPS) is 14.4. The highest BCUT2D eigenvalue weighted by atomic mass is 32.2. The number of thioether (sulfide) groups is 1. The van der Waals surface area contributed by atoms with E-state index in [2.05, 4.69) is 5.32 Å². The lowest BCUT2D eigenvalue weighted by molar-refractivity contribution is -0.113. The van der Waals surface area contributed by atoms with Gasteiger partial charge < -0.3 is 11.1 Å². The van der Waals surface area contributed by atoms with Gasteiger partial charge in [-0.25, -0.2) is 0 Å². The second kappa shape index (κ2) is 3.34. The number of benzene rings is 1. The number of hydrogen-bond acceptors (Lipinski definition) is 3. The smallest absolute Gasteiger partial charge is 0.234 e. The summed E-state index contributed by atoms with van der Waals surface area (Å²) in [6.45, 7) is 0. The van der Waals surface area contributed by atoms with Crippen molar-refractivity contribution in [2.45, 2.75) is 4.90 Å². The number of anilines is 1. The first-order valence-electron chi connectivity index (χ1n) is 4.08. The Balaban J connectivity index is 2.42. The SMILES string of the molecule is N=C(N)c1ccc2c(c1)NC(=O)CS2. The van der Waals surface area contributed by atoms with Crippen LogP contribution < -0.4 is 11.1 Å². The fraction of sp³-hybridized carbons (Fsp3) is 0.111. The van der Waals surface area contributed by atoms with E-state index in [-0.39, 0.29) is 11.7 Å². The minimum absolute atomic E-state index is 0.0109. The van der Waals surface area contributed by atoms with Gasteiger partial charge in [0.1, 0.15) is 5.84 Å². The molecule has 1 heterocycles.